The van der Waals surface area contributed by atoms with Crippen molar-refractivity contribution >= 4 is 17.6 Å². The van der Waals surface area contributed by atoms with Gasteiger partial charge in [-0.1, -0.05) is 41.9 Å². The van der Waals surface area contributed by atoms with E-state index in [1.807, 2.05) is 42.5 Å². The molecule has 0 N–H and O–H groups in total. The van der Waals surface area contributed by atoms with Crippen LogP contribution in [0.5, 0.6) is 5.75 Å². The van der Waals surface area contributed by atoms with Crippen molar-refractivity contribution < 1.29 is 9.53 Å². The summed E-state index contributed by atoms with van der Waals surface area (Å²) in [6.07, 6.45) is 3.20. The number of carbonyl (C=O) groups excluding carboxylic acids is 1. The van der Waals surface area contributed by atoms with E-state index in [1.165, 1.54) is 5.56 Å². The number of carbonyl (C=O) groups is 1. The van der Waals surface area contributed by atoms with Gasteiger partial charge in [0.15, 0.2) is 0 Å². The van der Waals surface area contributed by atoms with Crippen molar-refractivity contribution in [1.82, 2.24) is 4.90 Å². The molecule has 0 amide bonds. The number of rotatable bonds is 3. The Morgan fingerprint density at radius 3 is 2.52 bits per heavy atom. The van der Waals surface area contributed by atoms with Gasteiger partial charge in [-0.05, 0) is 56.1 Å². The Hall–Kier alpha value is -1.84. The van der Waals surface area contributed by atoms with Gasteiger partial charge in [-0.15, -0.1) is 0 Å². The molecule has 4 heteroatoms. The van der Waals surface area contributed by atoms with Gasteiger partial charge < -0.3 is 4.74 Å². The predicted octanol–water partition coefficient (Wildman–Crippen LogP) is 4.51. The first-order chi connectivity index (χ1) is 12.1. The van der Waals surface area contributed by atoms with E-state index < -0.39 is 0 Å². The van der Waals surface area contributed by atoms with Crippen LogP contribution >= 0.6 is 11.6 Å². The van der Waals surface area contributed by atoms with E-state index in [0.717, 1.165) is 24.3 Å². The molecule has 2 aromatic carbocycles. The Balaban J connectivity index is 1.64. The van der Waals surface area contributed by atoms with Gasteiger partial charge in [-0.25, -0.2) is 0 Å². The van der Waals surface area contributed by atoms with E-state index in [9.17, 15) is 4.79 Å². The summed E-state index contributed by atoms with van der Waals surface area (Å²) in [6.45, 7) is 0. The average molecular weight is 356 g/mol. The zero-order chi connectivity index (χ0) is 17.4. The second-order valence-electron chi connectivity index (χ2n) is 7.12. The molecule has 2 bridgehead atoms. The zero-order valence-electron chi connectivity index (χ0n) is 14.3. The van der Waals surface area contributed by atoms with Crippen LogP contribution in [0.3, 0.4) is 0 Å². The van der Waals surface area contributed by atoms with E-state index in [1.54, 1.807) is 0 Å². The molecule has 0 aliphatic carbocycles. The van der Waals surface area contributed by atoms with Gasteiger partial charge in [-0.3, -0.25) is 9.69 Å². The summed E-state index contributed by atoms with van der Waals surface area (Å²) >= 11 is 6.05. The van der Waals surface area contributed by atoms with Gasteiger partial charge in [0.25, 0.3) is 0 Å². The highest BCUT2D eigenvalue weighted by molar-refractivity contribution is 6.30. The molecular weight excluding hydrogens is 334 g/mol. The van der Waals surface area contributed by atoms with Crippen molar-refractivity contribution in [2.45, 2.75) is 37.3 Å². The second kappa shape index (κ2) is 6.81. The number of piperidine rings is 1. The molecule has 2 fully saturated rings. The third kappa shape index (κ3) is 3.19. The lowest BCUT2D eigenvalue weighted by atomic mass is 9.76. The minimum Gasteiger partial charge on any atom is -0.426 e. The number of nitrogens with zero attached hydrogens (tertiary/aromatic N) is 1. The first-order valence-corrected chi connectivity index (χ1v) is 9.25. The molecule has 4 atom stereocenters. The first kappa shape index (κ1) is 16.6. The van der Waals surface area contributed by atoms with Gasteiger partial charge >= 0.3 is 5.97 Å². The molecule has 0 saturated carbocycles. The highest BCUT2D eigenvalue weighted by Gasteiger charge is 2.49. The third-order valence-electron chi connectivity index (χ3n) is 5.80. The molecule has 4 rings (SSSR count). The summed E-state index contributed by atoms with van der Waals surface area (Å²) in [4.78, 5) is 15.5. The number of esters is 1. The monoisotopic (exact) mass is 355 g/mol. The molecule has 3 nitrogen and oxygen atoms in total. The van der Waals surface area contributed by atoms with Crippen molar-refractivity contribution in [3.05, 3.63) is 65.2 Å². The van der Waals surface area contributed by atoms with Crippen LogP contribution in [0.2, 0.25) is 5.02 Å². The molecule has 0 radical (unpaired) electrons. The fourth-order valence-corrected chi connectivity index (χ4v) is 4.64. The van der Waals surface area contributed by atoms with Crippen LogP contribution in [0.4, 0.5) is 0 Å². The van der Waals surface area contributed by atoms with Crippen molar-refractivity contribution in [3.63, 3.8) is 0 Å². The summed E-state index contributed by atoms with van der Waals surface area (Å²) in [6, 6.07) is 18.1. The van der Waals surface area contributed by atoms with E-state index in [-0.39, 0.29) is 23.8 Å². The van der Waals surface area contributed by atoms with Crippen LogP contribution in [0.25, 0.3) is 0 Å². The Labute approximate surface area is 153 Å². The molecule has 2 aliphatic heterocycles. The Kier molecular flexibility index (Phi) is 4.53. The number of benzene rings is 2. The summed E-state index contributed by atoms with van der Waals surface area (Å²) < 4.78 is 5.74. The lowest BCUT2D eigenvalue weighted by Crippen LogP contribution is -2.49. The van der Waals surface area contributed by atoms with Crippen molar-refractivity contribution in [2.24, 2.45) is 5.92 Å². The van der Waals surface area contributed by atoms with Gasteiger partial charge in [-0.2, -0.15) is 0 Å². The maximum absolute atomic E-state index is 13.1. The number of halogens is 1. The largest absolute Gasteiger partial charge is 0.426 e. The minimum atomic E-state index is -0.148. The molecule has 0 spiro atoms. The zero-order valence-corrected chi connectivity index (χ0v) is 15.0. The standard InChI is InChI=1S/C21H22ClNO2/c1-23-16-11-12-19(23)20(21(24)25-17-5-3-2-4-6-17)18(13-16)14-7-9-15(22)10-8-14/h2-10,16,18-20H,11-13H2,1H3/t16-,18-,19?,20+/m1/s1. The van der Waals surface area contributed by atoms with Crippen molar-refractivity contribution in [2.75, 3.05) is 7.05 Å². The third-order valence-corrected chi connectivity index (χ3v) is 6.05. The number of hydrogen-bond acceptors (Lipinski definition) is 3. The highest BCUT2D eigenvalue weighted by Crippen LogP contribution is 2.46. The summed E-state index contributed by atoms with van der Waals surface area (Å²) in [5, 5.41) is 0.725. The van der Waals surface area contributed by atoms with Gasteiger partial charge in [0, 0.05) is 23.0 Å². The molecule has 1 unspecified atom stereocenters. The molecule has 25 heavy (non-hydrogen) atoms. The maximum Gasteiger partial charge on any atom is 0.316 e. The van der Waals surface area contributed by atoms with Gasteiger partial charge in [0.2, 0.25) is 0 Å². The van der Waals surface area contributed by atoms with E-state index >= 15 is 0 Å². The van der Waals surface area contributed by atoms with Gasteiger partial charge in [0.05, 0.1) is 5.92 Å². The Morgan fingerprint density at radius 1 is 1.08 bits per heavy atom. The summed E-state index contributed by atoms with van der Waals surface area (Å²) in [5.41, 5.74) is 1.18. The van der Waals surface area contributed by atoms with Crippen LogP contribution in [-0.2, 0) is 4.79 Å². The lowest BCUT2D eigenvalue weighted by molar-refractivity contribution is -0.143. The average Bonchev–Trinajstić information content (AvgIpc) is 2.86. The smallest absolute Gasteiger partial charge is 0.316 e. The van der Waals surface area contributed by atoms with Crippen molar-refractivity contribution in [3.8, 4) is 5.75 Å². The lowest BCUT2D eigenvalue weighted by Gasteiger charge is -2.41. The first-order valence-electron chi connectivity index (χ1n) is 8.87. The normalized spacial score (nSPS) is 28.7. The molecule has 2 saturated heterocycles. The van der Waals surface area contributed by atoms with Crippen LogP contribution in [0.15, 0.2) is 54.6 Å². The molecule has 2 heterocycles. The number of ether oxygens (including phenoxy) is 1. The molecule has 130 valence electrons. The van der Waals surface area contributed by atoms with E-state index in [0.29, 0.717) is 11.8 Å². The van der Waals surface area contributed by atoms with Gasteiger partial charge in [0.1, 0.15) is 5.75 Å². The number of hydrogen-bond donors (Lipinski definition) is 0. The minimum absolute atomic E-state index is 0.122. The molecule has 0 aromatic heterocycles. The topological polar surface area (TPSA) is 29.5 Å². The van der Waals surface area contributed by atoms with Crippen molar-refractivity contribution in [1.29, 1.82) is 0 Å². The van der Waals surface area contributed by atoms with Crippen LogP contribution < -0.4 is 4.74 Å². The fourth-order valence-electron chi connectivity index (χ4n) is 4.51. The Bertz CT molecular complexity index is 746. The number of para-hydroxylation sites is 1. The second-order valence-corrected chi connectivity index (χ2v) is 7.55. The van der Waals surface area contributed by atoms with Crippen LogP contribution in [-0.4, -0.2) is 30.0 Å². The predicted molar refractivity (Wildman–Crippen MR) is 99.0 cm³/mol. The molecule has 2 aromatic rings. The highest BCUT2D eigenvalue weighted by atomic mass is 35.5. The SMILES string of the molecule is CN1C2CC[C@@H]1C[C@H](c1ccc(Cl)cc1)[C@@H]2C(=O)Oc1ccccc1. The summed E-state index contributed by atoms with van der Waals surface area (Å²) in [7, 11) is 2.14. The summed E-state index contributed by atoms with van der Waals surface area (Å²) in [5.74, 6) is 0.529. The van der Waals surface area contributed by atoms with E-state index in [2.05, 4.69) is 24.1 Å². The number of fused-ring (bicyclic) bond motifs is 2. The van der Waals surface area contributed by atoms with E-state index in [4.69, 9.17) is 16.3 Å². The quantitative estimate of drug-likeness (QED) is 0.599. The maximum atomic E-state index is 13.1. The van der Waals surface area contributed by atoms with Crippen LogP contribution in [0.1, 0.15) is 30.7 Å². The Morgan fingerprint density at radius 2 is 1.80 bits per heavy atom. The fraction of sp³-hybridized carbons (Fsp3) is 0.381. The van der Waals surface area contributed by atoms with Crippen LogP contribution in [0, 0.1) is 5.92 Å². The molecule has 2 aliphatic rings. The molecular formula is C21H22ClNO2.